The van der Waals surface area contributed by atoms with Gasteiger partial charge in [0.25, 0.3) is 0 Å². The van der Waals surface area contributed by atoms with Crippen LogP contribution < -0.4 is 27.4 Å². The van der Waals surface area contributed by atoms with Gasteiger partial charge in [-0.25, -0.2) is 9.78 Å². The number of carbonyl (C=O) groups excluding carboxylic acids is 4. The first kappa shape index (κ1) is 30.0. The number of rotatable bonds is 15. The summed E-state index contributed by atoms with van der Waals surface area (Å²) in [4.78, 5) is 68.8. The predicted molar refractivity (Wildman–Crippen MR) is 137 cm³/mol. The smallest absolute Gasteiger partial charge is 0.326 e. The summed E-state index contributed by atoms with van der Waals surface area (Å²) in [6.07, 6.45) is 2.83. The number of benzene rings is 1. The number of aliphatic carboxylic acids is 1. The van der Waals surface area contributed by atoms with E-state index >= 15 is 0 Å². The van der Waals surface area contributed by atoms with Gasteiger partial charge in [-0.1, -0.05) is 44.2 Å². The number of aromatic amines is 1. The molecule has 0 aliphatic carbocycles. The Morgan fingerprint density at radius 3 is 2.13 bits per heavy atom. The molecule has 2 aromatic rings. The molecule has 0 radical (unpaired) electrons. The highest BCUT2D eigenvalue weighted by atomic mass is 16.4. The van der Waals surface area contributed by atoms with Crippen LogP contribution in [0.3, 0.4) is 0 Å². The van der Waals surface area contributed by atoms with Crippen molar-refractivity contribution >= 4 is 29.6 Å². The minimum atomic E-state index is -1.27. The monoisotopic (exact) mass is 529 g/mol. The molecule has 206 valence electrons. The van der Waals surface area contributed by atoms with Crippen molar-refractivity contribution in [3.63, 3.8) is 0 Å². The number of amides is 4. The third-order valence-corrected chi connectivity index (χ3v) is 5.79. The molecule has 4 unspecified atom stereocenters. The van der Waals surface area contributed by atoms with Gasteiger partial charge < -0.3 is 37.5 Å². The number of nitrogens with two attached hydrogens (primary N) is 2. The fourth-order valence-electron chi connectivity index (χ4n) is 3.66. The van der Waals surface area contributed by atoms with E-state index < -0.39 is 59.7 Å². The van der Waals surface area contributed by atoms with Gasteiger partial charge in [0.2, 0.25) is 23.6 Å². The second-order valence-corrected chi connectivity index (χ2v) is 9.27. The number of carboxylic acid groups (broad SMARTS) is 1. The van der Waals surface area contributed by atoms with Crippen molar-refractivity contribution in [3.05, 3.63) is 54.1 Å². The van der Waals surface area contributed by atoms with Crippen LogP contribution in [0, 0.1) is 5.92 Å². The fraction of sp³-hybridized carbons (Fsp3) is 0.440. The molecule has 0 spiro atoms. The van der Waals surface area contributed by atoms with Gasteiger partial charge in [0.1, 0.15) is 18.1 Å². The van der Waals surface area contributed by atoms with Crippen LogP contribution in [0.4, 0.5) is 0 Å². The number of nitrogens with one attached hydrogen (secondary N) is 4. The minimum absolute atomic E-state index is 0.0864. The highest BCUT2D eigenvalue weighted by Gasteiger charge is 2.31. The van der Waals surface area contributed by atoms with Crippen molar-refractivity contribution in [1.29, 1.82) is 0 Å². The van der Waals surface area contributed by atoms with Crippen molar-refractivity contribution in [2.24, 2.45) is 17.4 Å². The number of aromatic nitrogens is 2. The maximum Gasteiger partial charge on any atom is 0.326 e. The quantitative estimate of drug-likeness (QED) is 0.151. The molecule has 9 N–H and O–H groups in total. The Labute approximate surface area is 220 Å². The molecule has 13 heteroatoms. The Morgan fingerprint density at radius 1 is 0.947 bits per heavy atom. The summed E-state index contributed by atoms with van der Waals surface area (Å²) in [6, 6.07) is 4.30. The Bertz CT molecular complexity index is 1090. The molecule has 4 amide bonds. The lowest BCUT2D eigenvalue weighted by Gasteiger charge is -2.26. The van der Waals surface area contributed by atoms with Gasteiger partial charge in [0.05, 0.1) is 12.4 Å². The van der Waals surface area contributed by atoms with Crippen LogP contribution in [-0.4, -0.2) is 68.8 Å². The normalized spacial score (nSPS) is 14.1. The van der Waals surface area contributed by atoms with Gasteiger partial charge in [-0.3, -0.25) is 19.2 Å². The molecule has 1 heterocycles. The van der Waals surface area contributed by atoms with E-state index in [1.807, 2.05) is 0 Å². The molecule has 0 saturated carbocycles. The Balaban J connectivity index is 2.22. The lowest BCUT2D eigenvalue weighted by atomic mass is 10.0. The molecular weight excluding hydrogens is 494 g/mol. The van der Waals surface area contributed by atoms with E-state index in [4.69, 9.17) is 11.5 Å². The lowest BCUT2D eigenvalue weighted by Crippen LogP contribution is -2.58. The molecule has 0 aliphatic heterocycles. The predicted octanol–water partition coefficient (Wildman–Crippen LogP) is -1.02. The number of primary amides is 1. The molecule has 0 fully saturated rings. The maximum absolute atomic E-state index is 13.3. The largest absolute Gasteiger partial charge is 0.480 e. The van der Waals surface area contributed by atoms with E-state index in [1.165, 1.54) is 12.5 Å². The molecule has 38 heavy (non-hydrogen) atoms. The Morgan fingerprint density at radius 2 is 1.58 bits per heavy atom. The van der Waals surface area contributed by atoms with Gasteiger partial charge in [0, 0.05) is 31.2 Å². The van der Waals surface area contributed by atoms with Crippen molar-refractivity contribution in [3.8, 4) is 0 Å². The summed E-state index contributed by atoms with van der Waals surface area (Å²) in [5, 5.41) is 17.0. The molecule has 13 nitrogen and oxygen atoms in total. The first-order valence-electron chi connectivity index (χ1n) is 12.2. The first-order valence-corrected chi connectivity index (χ1v) is 12.2. The third-order valence-electron chi connectivity index (χ3n) is 5.79. The van der Waals surface area contributed by atoms with Gasteiger partial charge in [-0.2, -0.15) is 0 Å². The van der Waals surface area contributed by atoms with E-state index in [-0.39, 0.29) is 25.7 Å². The molecule has 2 rings (SSSR count). The first-order chi connectivity index (χ1) is 18.0. The lowest BCUT2D eigenvalue weighted by molar-refractivity contribution is -0.143. The molecule has 4 atom stereocenters. The Hall–Kier alpha value is -4.26. The van der Waals surface area contributed by atoms with E-state index in [9.17, 15) is 29.1 Å². The maximum atomic E-state index is 13.3. The van der Waals surface area contributed by atoms with Crippen molar-refractivity contribution in [2.45, 2.75) is 63.7 Å². The average Bonchev–Trinajstić information content (AvgIpc) is 3.37. The highest BCUT2D eigenvalue weighted by Crippen LogP contribution is 2.08. The second-order valence-electron chi connectivity index (χ2n) is 9.27. The third kappa shape index (κ3) is 9.65. The van der Waals surface area contributed by atoms with Crippen molar-refractivity contribution in [2.75, 3.05) is 0 Å². The van der Waals surface area contributed by atoms with Crippen molar-refractivity contribution < 1.29 is 29.1 Å². The van der Waals surface area contributed by atoms with Crippen LogP contribution in [0.1, 0.15) is 37.9 Å². The zero-order valence-corrected chi connectivity index (χ0v) is 21.3. The molecule has 1 aromatic carbocycles. The van der Waals surface area contributed by atoms with Crippen LogP contribution in [-0.2, 0) is 36.8 Å². The van der Waals surface area contributed by atoms with Crippen LogP contribution in [0.15, 0.2) is 42.9 Å². The molecule has 0 saturated heterocycles. The zero-order chi connectivity index (χ0) is 28.2. The van der Waals surface area contributed by atoms with E-state index in [2.05, 4.69) is 25.9 Å². The number of carbonyl (C=O) groups is 5. The highest BCUT2D eigenvalue weighted by molar-refractivity contribution is 5.94. The summed E-state index contributed by atoms with van der Waals surface area (Å²) in [6.45, 7) is 3.24. The Kier molecular flexibility index (Phi) is 11.4. The number of nitrogens with zero attached hydrogens (tertiary/aromatic N) is 1. The van der Waals surface area contributed by atoms with Gasteiger partial charge >= 0.3 is 5.97 Å². The van der Waals surface area contributed by atoms with Crippen LogP contribution >= 0.6 is 0 Å². The fourth-order valence-corrected chi connectivity index (χ4v) is 3.66. The van der Waals surface area contributed by atoms with Gasteiger partial charge in [-0.15, -0.1) is 0 Å². The summed E-state index contributed by atoms with van der Waals surface area (Å²) in [5.41, 5.74) is 12.6. The summed E-state index contributed by atoms with van der Waals surface area (Å²) in [5.74, 6) is -4.48. The van der Waals surface area contributed by atoms with E-state index in [0.717, 1.165) is 5.56 Å². The minimum Gasteiger partial charge on any atom is -0.480 e. The second kappa shape index (κ2) is 14.5. The van der Waals surface area contributed by atoms with Crippen LogP contribution in [0.2, 0.25) is 0 Å². The van der Waals surface area contributed by atoms with Crippen LogP contribution in [0.25, 0.3) is 0 Å². The average molecular weight is 530 g/mol. The number of imidazole rings is 1. The number of hydrogen-bond acceptors (Lipinski definition) is 7. The van der Waals surface area contributed by atoms with Crippen LogP contribution in [0.5, 0.6) is 0 Å². The standard InChI is InChI=1S/C25H35N7O6/c1-14(2)21(25(37)38)32-23(35)18(8-9-20(27)33)30-24(36)19(10-15-6-4-3-5-7-15)31-22(34)17(26)11-16-12-28-13-29-16/h3-7,12-14,17-19,21H,8-11,26H2,1-2H3,(H2,27,33)(H,28,29)(H,30,36)(H,31,34)(H,32,35)(H,37,38). The van der Waals surface area contributed by atoms with Gasteiger partial charge in [0.15, 0.2) is 0 Å². The number of carboxylic acids is 1. The molecule has 0 bridgehead atoms. The molecular formula is C25H35N7O6. The van der Waals surface area contributed by atoms with E-state index in [1.54, 1.807) is 44.2 Å². The number of hydrogen-bond donors (Lipinski definition) is 7. The summed E-state index contributed by atoms with van der Waals surface area (Å²) in [7, 11) is 0. The number of H-pyrrole nitrogens is 1. The zero-order valence-electron chi connectivity index (χ0n) is 21.3. The molecule has 0 aliphatic rings. The summed E-state index contributed by atoms with van der Waals surface area (Å²) >= 11 is 0. The van der Waals surface area contributed by atoms with Crippen molar-refractivity contribution in [1.82, 2.24) is 25.9 Å². The SMILES string of the molecule is CC(C)C(NC(=O)C(CCC(N)=O)NC(=O)C(Cc1ccccc1)NC(=O)C(N)Cc1cnc[nH]1)C(=O)O. The summed E-state index contributed by atoms with van der Waals surface area (Å²) < 4.78 is 0. The molecule has 1 aromatic heterocycles. The van der Waals surface area contributed by atoms with E-state index in [0.29, 0.717) is 5.69 Å². The topological polar surface area (TPSA) is 222 Å². The van der Waals surface area contributed by atoms with Gasteiger partial charge in [-0.05, 0) is 17.9 Å².